The van der Waals surface area contributed by atoms with Gasteiger partial charge in [-0.1, -0.05) is 60.3 Å². The molecule has 0 radical (unpaired) electrons. The standard InChI is InChI=1S/C24H22ClN3O4S/c1-3-11-32-21-16(5-4-6-18(21)31-2)17-12-19(29)26-22-20(17)23(30)28-24(27-22)33-13-14-7-9-15(25)10-8-14/h3-10,17H,1,11-13H2,2H3,(H2,26,27,28,29,30). The molecule has 1 atom stereocenters. The highest BCUT2D eigenvalue weighted by molar-refractivity contribution is 7.98. The molecule has 2 heterocycles. The zero-order valence-corrected chi connectivity index (χ0v) is 19.5. The monoisotopic (exact) mass is 483 g/mol. The summed E-state index contributed by atoms with van der Waals surface area (Å²) in [5, 5.41) is 3.83. The quantitative estimate of drug-likeness (QED) is 0.272. The van der Waals surface area contributed by atoms with Crippen LogP contribution in [0.3, 0.4) is 0 Å². The van der Waals surface area contributed by atoms with Gasteiger partial charge < -0.3 is 19.8 Å². The van der Waals surface area contributed by atoms with Crippen molar-refractivity contribution in [1.29, 1.82) is 0 Å². The van der Waals surface area contributed by atoms with Crippen molar-refractivity contribution in [3.63, 3.8) is 0 Å². The number of halogens is 1. The Hall–Kier alpha value is -3.23. The zero-order valence-electron chi connectivity index (χ0n) is 17.9. The minimum Gasteiger partial charge on any atom is -0.493 e. The maximum atomic E-state index is 13.1. The van der Waals surface area contributed by atoms with Gasteiger partial charge >= 0.3 is 0 Å². The SMILES string of the molecule is C=CCOc1c(OC)cccc1C1CC(=O)Nc2nc(SCc3ccc(Cl)cc3)[nH]c(=O)c21. The van der Waals surface area contributed by atoms with E-state index in [1.165, 1.54) is 11.8 Å². The Balaban J connectivity index is 1.70. The summed E-state index contributed by atoms with van der Waals surface area (Å²) in [6.07, 6.45) is 1.71. The molecule has 33 heavy (non-hydrogen) atoms. The summed E-state index contributed by atoms with van der Waals surface area (Å²) in [5.74, 6) is 1.08. The average Bonchev–Trinajstić information content (AvgIpc) is 2.81. The van der Waals surface area contributed by atoms with Crippen LogP contribution in [0.25, 0.3) is 0 Å². The van der Waals surface area contributed by atoms with E-state index in [1.54, 1.807) is 25.3 Å². The first kappa shape index (κ1) is 22.9. The molecule has 0 aliphatic carbocycles. The summed E-state index contributed by atoms with van der Waals surface area (Å²) in [6, 6.07) is 12.9. The van der Waals surface area contributed by atoms with Gasteiger partial charge in [-0.2, -0.15) is 0 Å². The third-order valence-electron chi connectivity index (χ3n) is 5.17. The van der Waals surface area contributed by atoms with Gasteiger partial charge in [-0.3, -0.25) is 9.59 Å². The summed E-state index contributed by atoms with van der Waals surface area (Å²) in [5.41, 5.74) is 1.80. The van der Waals surface area contributed by atoms with E-state index in [4.69, 9.17) is 21.1 Å². The Morgan fingerprint density at radius 1 is 1.24 bits per heavy atom. The Labute approximate surface area is 200 Å². The maximum Gasteiger partial charge on any atom is 0.257 e. The molecule has 170 valence electrons. The summed E-state index contributed by atoms with van der Waals surface area (Å²) < 4.78 is 11.3. The Morgan fingerprint density at radius 2 is 2.03 bits per heavy atom. The number of benzene rings is 2. The van der Waals surface area contributed by atoms with E-state index in [0.717, 1.165) is 5.56 Å². The second-order valence-electron chi connectivity index (χ2n) is 7.33. The Bertz CT molecular complexity index is 1240. The molecule has 1 aliphatic rings. The zero-order chi connectivity index (χ0) is 23.4. The van der Waals surface area contributed by atoms with Crippen molar-refractivity contribution in [2.45, 2.75) is 23.2 Å². The highest BCUT2D eigenvalue weighted by atomic mass is 35.5. The Morgan fingerprint density at radius 3 is 2.76 bits per heavy atom. The van der Waals surface area contributed by atoms with Crippen molar-refractivity contribution < 1.29 is 14.3 Å². The van der Waals surface area contributed by atoms with Crippen molar-refractivity contribution in [2.75, 3.05) is 19.0 Å². The summed E-state index contributed by atoms with van der Waals surface area (Å²) in [6.45, 7) is 3.94. The molecule has 2 N–H and O–H groups in total. The molecule has 1 unspecified atom stereocenters. The number of ether oxygens (including phenoxy) is 2. The average molecular weight is 484 g/mol. The van der Waals surface area contributed by atoms with E-state index in [2.05, 4.69) is 21.9 Å². The van der Waals surface area contributed by atoms with Gasteiger partial charge in [0.2, 0.25) is 5.91 Å². The Kier molecular flexibility index (Phi) is 7.05. The molecular formula is C24H22ClN3O4S. The number of fused-ring (bicyclic) bond motifs is 1. The van der Waals surface area contributed by atoms with E-state index in [1.807, 2.05) is 30.3 Å². The number of carbonyl (C=O) groups excluding carboxylic acids is 1. The van der Waals surface area contributed by atoms with Crippen LogP contribution < -0.4 is 20.3 Å². The van der Waals surface area contributed by atoms with Crippen LogP contribution in [-0.2, 0) is 10.5 Å². The van der Waals surface area contributed by atoms with E-state index >= 15 is 0 Å². The van der Waals surface area contributed by atoms with Crippen LogP contribution in [-0.4, -0.2) is 29.6 Å². The van der Waals surface area contributed by atoms with E-state index in [-0.39, 0.29) is 30.3 Å². The lowest BCUT2D eigenvalue weighted by atomic mass is 9.86. The number of nitrogens with one attached hydrogen (secondary N) is 2. The molecule has 0 saturated heterocycles. The van der Waals surface area contributed by atoms with Crippen LogP contribution in [0.1, 0.15) is 29.0 Å². The summed E-state index contributed by atoms with van der Waals surface area (Å²) in [4.78, 5) is 33.1. The highest BCUT2D eigenvalue weighted by Crippen LogP contribution is 2.42. The lowest BCUT2D eigenvalue weighted by molar-refractivity contribution is -0.116. The van der Waals surface area contributed by atoms with Crippen molar-refractivity contribution in [1.82, 2.24) is 9.97 Å². The number of aromatic amines is 1. The van der Waals surface area contributed by atoms with Crippen molar-refractivity contribution in [2.24, 2.45) is 0 Å². The van der Waals surface area contributed by atoms with Crippen molar-refractivity contribution in [3.8, 4) is 11.5 Å². The fourth-order valence-corrected chi connectivity index (χ4v) is 4.62. The second-order valence-corrected chi connectivity index (χ2v) is 8.73. The van der Waals surface area contributed by atoms with E-state index < -0.39 is 5.92 Å². The van der Waals surface area contributed by atoms with Gasteiger partial charge in [0, 0.05) is 28.7 Å². The number of hydrogen-bond acceptors (Lipinski definition) is 6. The van der Waals surface area contributed by atoms with Gasteiger partial charge in [-0.05, 0) is 23.8 Å². The summed E-state index contributed by atoms with van der Waals surface area (Å²) >= 11 is 7.30. The van der Waals surface area contributed by atoms with Crippen LogP contribution in [0.15, 0.2) is 65.1 Å². The van der Waals surface area contributed by atoms with Gasteiger partial charge in [-0.15, -0.1) is 0 Å². The fourth-order valence-electron chi connectivity index (χ4n) is 3.68. The number of thioether (sulfide) groups is 1. The number of rotatable bonds is 8. The van der Waals surface area contributed by atoms with Crippen molar-refractivity contribution in [3.05, 3.63) is 87.2 Å². The molecule has 1 aliphatic heterocycles. The minimum atomic E-state index is -0.532. The third-order valence-corrected chi connectivity index (χ3v) is 6.36. The van der Waals surface area contributed by atoms with Gasteiger partial charge in [0.25, 0.3) is 5.56 Å². The number of para-hydroxylation sites is 1. The number of hydrogen-bond donors (Lipinski definition) is 2. The van der Waals surface area contributed by atoms with Gasteiger partial charge in [0.1, 0.15) is 12.4 Å². The first-order valence-electron chi connectivity index (χ1n) is 10.2. The normalized spacial score (nSPS) is 14.8. The van der Waals surface area contributed by atoms with Crippen molar-refractivity contribution >= 4 is 35.1 Å². The van der Waals surface area contributed by atoms with Gasteiger partial charge in [0.05, 0.1) is 12.7 Å². The molecule has 0 bridgehead atoms. The molecule has 2 aromatic carbocycles. The minimum absolute atomic E-state index is 0.0899. The van der Waals surface area contributed by atoms with Crippen LogP contribution in [0.2, 0.25) is 5.02 Å². The lowest BCUT2D eigenvalue weighted by Gasteiger charge is -2.26. The largest absolute Gasteiger partial charge is 0.493 e. The van der Waals surface area contributed by atoms with Gasteiger partial charge in [-0.25, -0.2) is 4.98 Å². The number of methoxy groups -OCH3 is 1. The molecule has 4 rings (SSSR count). The number of anilines is 1. The molecule has 0 fully saturated rings. The smallest absolute Gasteiger partial charge is 0.257 e. The molecule has 1 aromatic heterocycles. The number of amides is 1. The van der Waals surface area contributed by atoms with Crippen LogP contribution >= 0.6 is 23.4 Å². The molecule has 0 saturated carbocycles. The molecular weight excluding hydrogens is 462 g/mol. The number of aromatic nitrogens is 2. The fraction of sp³-hybridized carbons (Fsp3) is 0.208. The van der Waals surface area contributed by atoms with E-state index in [0.29, 0.717) is 38.6 Å². The molecule has 1 amide bonds. The topological polar surface area (TPSA) is 93.3 Å². The first-order valence-corrected chi connectivity index (χ1v) is 11.6. The molecule has 3 aromatic rings. The number of H-pyrrole nitrogens is 1. The predicted octanol–water partition coefficient (Wildman–Crippen LogP) is 4.76. The van der Waals surface area contributed by atoms with E-state index in [9.17, 15) is 9.59 Å². The molecule has 7 nitrogen and oxygen atoms in total. The second kappa shape index (κ2) is 10.1. The lowest BCUT2D eigenvalue weighted by Crippen LogP contribution is -2.31. The molecule has 0 spiro atoms. The summed E-state index contributed by atoms with van der Waals surface area (Å²) in [7, 11) is 1.54. The van der Waals surface area contributed by atoms with Crippen LogP contribution in [0.5, 0.6) is 11.5 Å². The van der Waals surface area contributed by atoms with Gasteiger partial charge in [0.15, 0.2) is 16.7 Å². The third kappa shape index (κ3) is 5.07. The maximum absolute atomic E-state index is 13.1. The number of carbonyl (C=O) groups is 1. The first-order chi connectivity index (χ1) is 16.0. The number of nitrogens with zero attached hydrogens (tertiary/aromatic N) is 1. The van der Waals surface area contributed by atoms with Crippen LogP contribution in [0, 0.1) is 0 Å². The molecule has 9 heteroatoms. The predicted molar refractivity (Wildman–Crippen MR) is 130 cm³/mol. The van der Waals surface area contributed by atoms with Crippen LogP contribution in [0.4, 0.5) is 5.82 Å². The highest BCUT2D eigenvalue weighted by Gasteiger charge is 2.33.